The normalized spacial score (nSPS) is 25.2. The lowest BCUT2D eigenvalue weighted by atomic mass is 9.98. The SMILES string of the molecule is CCCCOC[C@@H]1C[C@@H](c2csc3c(N[C@H]4CCc5ccccc54)ncnc23)C[C@H]1O. The van der Waals surface area contributed by atoms with E-state index in [0.29, 0.717) is 18.6 Å². The number of nitrogens with one attached hydrogen (secondary N) is 1. The van der Waals surface area contributed by atoms with E-state index in [1.807, 2.05) is 0 Å². The summed E-state index contributed by atoms with van der Waals surface area (Å²) in [5.74, 6) is 1.48. The minimum Gasteiger partial charge on any atom is -0.393 e. The Balaban J connectivity index is 1.32. The molecule has 2 aliphatic carbocycles. The van der Waals surface area contributed by atoms with Crippen molar-refractivity contribution in [2.24, 2.45) is 5.92 Å². The molecule has 1 saturated carbocycles. The van der Waals surface area contributed by atoms with Gasteiger partial charge in [0.25, 0.3) is 0 Å². The van der Waals surface area contributed by atoms with E-state index in [4.69, 9.17) is 4.74 Å². The van der Waals surface area contributed by atoms with Gasteiger partial charge < -0.3 is 15.2 Å². The maximum absolute atomic E-state index is 10.6. The van der Waals surface area contributed by atoms with Crippen molar-refractivity contribution >= 4 is 27.4 Å². The first-order valence-electron chi connectivity index (χ1n) is 11.6. The van der Waals surface area contributed by atoms with E-state index in [-0.39, 0.29) is 12.0 Å². The van der Waals surface area contributed by atoms with E-state index in [2.05, 4.69) is 51.9 Å². The van der Waals surface area contributed by atoms with E-state index in [9.17, 15) is 5.11 Å². The van der Waals surface area contributed by atoms with Gasteiger partial charge in [0.2, 0.25) is 0 Å². The van der Waals surface area contributed by atoms with Gasteiger partial charge in [-0.2, -0.15) is 0 Å². The summed E-state index contributed by atoms with van der Waals surface area (Å²) in [6.07, 6.45) is 7.56. The molecule has 2 aromatic heterocycles. The van der Waals surface area contributed by atoms with Gasteiger partial charge in [-0.05, 0) is 60.1 Å². The molecule has 2 aliphatic rings. The number of nitrogens with zero attached hydrogens (tertiary/aromatic N) is 2. The standard InChI is InChI=1S/C25H31N3O2S/c1-2-3-10-30-13-18-11-17(12-22(18)29)20-14-31-24-23(20)26-15-27-25(24)28-21-9-8-16-6-4-5-7-19(16)21/h4-7,14-15,17-18,21-22,29H,2-3,8-13H2,1H3,(H,26,27,28)/t17-,18+,21+,22-/m1/s1. The summed E-state index contributed by atoms with van der Waals surface area (Å²) in [6.45, 7) is 3.61. The topological polar surface area (TPSA) is 67.3 Å². The van der Waals surface area contributed by atoms with Crippen molar-refractivity contribution in [3.8, 4) is 0 Å². The van der Waals surface area contributed by atoms with Crippen LogP contribution in [0.5, 0.6) is 0 Å². The van der Waals surface area contributed by atoms with Gasteiger partial charge in [0, 0.05) is 12.5 Å². The van der Waals surface area contributed by atoms with Crippen LogP contribution in [0.3, 0.4) is 0 Å². The molecular formula is C25H31N3O2S. The average Bonchev–Trinajstić information content (AvgIpc) is 3.49. The Morgan fingerprint density at radius 2 is 2.10 bits per heavy atom. The molecule has 3 aromatic rings. The lowest BCUT2D eigenvalue weighted by Gasteiger charge is -2.15. The zero-order valence-electron chi connectivity index (χ0n) is 18.1. The van der Waals surface area contributed by atoms with Crippen LogP contribution in [0.1, 0.15) is 67.7 Å². The fourth-order valence-corrected chi connectivity index (χ4v) is 6.20. The van der Waals surface area contributed by atoms with E-state index in [1.54, 1.807) is 17.7 Å². The summed E-state index contributed by atoms with van der Waals surface area (Å²) in [5.41, 5.74) is 5.12. The molecule has 1 fully saturated rings. The Labute approximate surface area is 187 Å². The molecule has 0 radical (unpaired) electrons. The highest BCUT2D eigenvalue weighted by molar-refractivity contribution is 7.18. The van der Waals surface area contributed by atoms with Gasteiger partial charge in [-0.1, -0.05) is 37.6 Å². The zero-order valence-corrected chi connectivity index (χ0v) is 18.9. The van der Waals surface area contributed by atoms with Crippen LogP contribution in [0.4, 0.5) is 5.82 Å². The Kier molecular flexibility index (Phi) is 6.21. The molecule has 0 unspecified atom stereocenters. The second-order valence-corrected chi connectivity index (χ2v) is 9.83. The molecule has 2 heterocycles. The first-order valence-corrected chi connectivity index (χ1v) is 12.4. The Morgan fingerprint density at radius 3 is 3.00 bits per heavy atom. The number of aromatic nitrogens is 2. The van der Waals surface area contributed by atoms with E-state index >= 15 is 0 Å². The van der Waals surface area contributed by atoms with Crippen LogP contribution in [0.2, 0.25) is 0 Å². The number of anilines is 1. The molecule has 0 spiro atoms. The Morgan fingerprint density at radius 1 is 1.19 bits per heavy atom. The number of hydrogen-bond acceptors (Lipinski definition) is 6. The number of unbranched alkanes of at least 4 members (excludes halogenated alkanes) is 1. The number of aliphatic hydroxyl groups is 1. The van der Waals surface area contributed by atoms with Crippen molar-refractivity contribution < 1.29 is 9.84 Å². The molecule has 1 aromatic carbocycles. The third kappa shape index (κ3) is 4.21. The quantitative estimate of drug-likeness (QED) is 0.458. The number of benzene rings is 1. The molecule has 31 heavy (non-hydrogen) atoms. The lowest BCUT2D eigenvalue weighted by molar-refractivity contribution is 0.0433. The molecule has 5 nitrogen and oxygen atoms in total. The minimum absolute atomic E-state index is 0.214. The molecule has 0 aliphatic heterocycles. The third-order valence-electron chi connectivity index (χ3n) is 6.90. The zero-order chi connectivity index (χ0) is 21.2. The van der Waals surface area contributed by atoms with Crippen LogP contribution >= 0.6 is 11.3 Å². The van der Waals surface area contributed by atoms with Crippen LogP contribution in [0, 0.1) is 5.92 Å². The predicted molar refractivity (Wildman–Crippen MR) is 126 cm³/mol. The van der Waals surface area contributed by atoms with Gasteiger partial charge in [0.1, 0.15) is 12.1 Å². The highest BCUT2D eigenvalue weighted by Crippen LogP contribution is 2.44. The molecular weight excluding hydrogens is 406 g/mol. The largest absolute Gasteiger partial charge is 0.393 e. The molecule has 0 saturated heterocycles. The second kappa shape index (κ2) is 9.23. The summed E-state index contributed by atoms with van der Waals surface area (Å²) in [6, 6.07) is 8.99. The number of ether oxygens (including phenoxy) is 1. The molecule has 5 rings (SSSR count). The van der Waals surface area contributed by atoms with Gasteiger partial charge in [0.05, 0.1) is 29.0 Å². The summed E-state index contributed by atoms with van der Waals surface area (Å²) >= 11 is 1.72. The van der Waals surface area contributed by atoms with Crippen LogP contribution in [0.15, 0.2) is 36.0 Å². The summed E-state index contributed by atoms with van der Waals surface area (Å²) < 4.78 is 6.93. The van der Waals surface area contributed by atoms with Crippen molar-refractivity contribution in [2.45, 2.75) is 63.5 Å². The average molecular weight is 438 g/mol. The first-order chi connectivity index (χ1) is 15.2. The van der Waals surface area contributed by atoms with Crippen molar-refractivity contribution in [3.63, 3.8) is 0 Å². The summed E-state index contributed by atoms with van der Waals surface area (Å²) in [7, 11) is 0. The maximum Gasteiger partial charge on any atom is 0.147 e. The van der Waals surface area contributed by atoms with Gasteiger partial charge in [0.15, 0.2) is 0 Å². The van der Waals surface area contributed by atoms with Gasteiger partial charge >= 0.3 is 0 Å². The molecule has 2 N–H and O–H groups in total. The third-order valence-corrected chi connectivity index (χ3v) is 7.89. The second-order valence-electron chi connectivity index (χ2n) is 8.95. The Hall–Kier alpha value is -2.02. The highest BCUT2D eigenvalue weighted by atomic mass is 32.1. The van der Waals surface area contributed by atoms with Crippen molar-refractivity contribution in [3.05, 3.63) is 52.7 Å². The molecule has 4 atom stereocenters. The number of aliphatic hydroxyl groups excluding tert-OH is 1. The highest BCUT2D eigenvalue weighted by Gasteiger charge is 2.35. The predicted octanol–water partition coefficient (Wildman–Crippen LogP) is 5.46. The lowest BCUT2D eigenvalue weighted by Crippen LogP contribution is -2.19. The fourth-order valence-electron chi connectivity index (χ4n) is 5.15. The van der Waals surface area contributed by atoms with Crippen molar-refractivity contribution in [1.82, 2.24) is 9.97 Å². The minimum atomic E-state index is -0.295. The van der Waals surface area contributed by atoms with E-state index in [1.165, 1.54) is 16.7 Å². The summed E-state index contributed by atoms with van der Waals surface area (Å²) in [5, 5.41) is 16.5. The van der Waals surface area contributed by atoms with Gasteiger partial charge in [-0.3, -0.25) is 0 Å². The molecule has 0 bridgehead atoms. The Bertz CT molecular complexity index is 1040. The monoisotopic (exact) mass is 437 g/mol. The molecule has 0 amide bonds. The van der Waals surface area contributed by atoms with E-state index in [0.717, 1.165) is 61.2 Å². The van der Waals surface area contributed by atoms with Gasteiger partial charge in [-0.15, -0.1) is 11.3 Å². The van der Waals surface area contributed by atoms with Crippen LogP contribution in [0.25, 0.3) is 10.2 Å². The fraction of sp³-hybridized carbons (Fsp3) is 0.520. The maximum atomic E-state index is 10.6. The first kappa shape index (κ1) is 20.9. The van der Waals surface area contributed by atoms with Crippen LogP contribution in [-0.4, -0.2) is 34.4 Å². The number of aryl methyl sites for hydroxylation is 1. The van der Waals surface area contributed by atoms with Gasteiger partial charge in [-0.25, -0.2) is 9.97 Å². The number of thiophene rings is 1. The number of rotatable bonds is 8. The number of hydrogen-bond donors (Lipinski definition) is 2. The summed E-state index contributed by atoms with van der Waals surface area (Å²) in [4.78, 5) is 9.24. The van der Waals surface area contributed by atoms with Crippen LogP contribution in [-0.2, 0) is 11.2 Å². The molecule has 6 heteroatoms. The van der Waals surface area contributed by atoms with Crippen LogP contribution < -0.4 is 5.32 Å². The smallest absolute Gasteiger partial charge is 0.147 e. The molecule has 164 valence electrons. The van der Waals surface area contributed by atoms with E-state index < -0.39 is 0 Å². The van der Waals surface area contributed by atoms with Crippen molar-refractivity contribution in [1.29, 1.82) is 0 Å². The van der Waals surface area contributed by atoms with Crippen molar-refractivity contribution in [2.75, 3.05) is 18.5 Å². The number of fused-ring (bicyclic) bond motifs is 2.